The number of rotatable bonds is 5. The summed E-state index contributed by atoms with van der Waals surface area (Å²) >= 11 is 0. The number of amides is 1. The van der Waals surface area contributed by atoms with Crippen molar-refractivity contribution in [2.24, 2.45) is 0 Å². The fourth-order valence-electron chi connectivity index (χ4n) is 2.43. The molecule has 3 aromatic rings. The van der Waals surface area contributed by atoms with E-state index in [1.165, 1.54) is 13.3 Å². The molecule has 2 N–H and O–H groups in total. The van der Waals surface area contributed by atoms with E-state index >= 15 is 0 Å². The Balaban J connectivity index is 1.70. The molecule has 0 bridgehead atoms. The van der Waals surface area contributed by atoms with E-state index in [4.69, 9.17) is 5.26 Å². The lowest BCUT2D eigenvalue weighted by Gasteiger charge is -2.09. The van der Waals surface area contributed by atoms with Gasteiger partial charge in [-0.1, -0.05) is 0 Å². The Hall–Kier alpha value is -4.18. The Morgan fingerprint density at radius 2 is 1.64 bits per heavy atom. The first kappa shape index (κ1) is 18.6. The van der Waals surface area contributed by atoms with Crippen LogP contribution in [0.1, 0.15) is 26.4 Å². The number of carbonyl (C=O) groups excluding carboxylic acids is 2. The van der Waals surface area contributed by atoms with Gasteiger partial charge in [0.2, 0.25) is 0 Å². The third kappa shape index (κ3) is 4.51. The van der Waals surface area contributed by atoms with E-state index in [9.17, 15) is 9.59 Å². The Labute approximate surface area is 161 Å². The number of nitrogens with one attached hydrogen (secondary N) is 2. The number of hydrogen-bond acceptors (Lipinski definition) is 6. The fourth-order valence-corrected chi connectivity index (χ4v) is 2.43. The number of benzene rings is 2. The zero-order chi connectivity index (χ0) is 19.9. The van der Waals surface area contributed by atoms with Gasteiger partial charge in [-0.2, -0.15) is 5.26 Å². The van der Waals surface area contributed by atoms with Gasteiger partial charge in [-0.25, -0.2) is 4.79 Å². The van der Waals surface area contributed by atoms with Gasteiger partial charge in [0.25, 0.3) is 5.91 Å². The van der Waals surface area contributed by atoms with Crippen LogP contribution in [-0.4, -0.2) is 24.0 Å². The van der Waals surface area contributed by atoms with Crippen molar-refractivity contribution in [3.05, 3.63) is 83.7 Å². The summed E-state index contributed by atoms with van der Waals surface area (Å²) in [7, 11) is 1.33. The minimum absolute atomic E-state index is 0.237. The second-order valence-corrected chi connectivity index (χ2v) is 5.77. The maximum atomic E-state index is 12.4. The fraction of sp³-hybridized carbons (Fsp3) is 0.0476. The molecule has 0 atom stereocenters. The molecule has 138 valence electrons. The number of nitrogens with zero attached hydrogens (tertiary/aromatic N) is 2. The van der Waals surface area contributed by atoms with Gasteiger partial charge in [-0.05, 0) is 60.7 Å². The van der Waals surface area contributed by atoms with Crippen LogP contribution in [-0.2, 0) is 4.74 Å². The van der Waals surface area contributed by atoms with E-state index in [0.717, 1.165) is 5.69 Å². The quantitative estimate of drug-likeness (QED) is 0.661. The topological polar surface area (TPSA) is 104 Å². The molecule has 1 amide bonds. The van der Waals surface area contributed by atoms with Gasteiger partial charge in [-0.15, -0.1) is 0 Å². The van der Waals surface area contributed by atoms with E-state index in [2.05, 4.69) is 20.4 Å². The summed E-state index contributed by atoms with van der Waals surface area (Å²) in [5.74, 6) is -0.772. The molecule has 0 aliphatic rings. The highest BCUT2D eigenvalue weighted by atomic mass is 16.5. The molecular weight excluding hydrogens is 356 g/mol. The van der Waals surface area contributed by atoms with Crippen molar-refractivity contribution in [1.29, 1.82) is 5.26 Å². The van der Waals surface area contributed by atoms with Gasteiger partial charge in [0.05, 0.1) is 24.3 Å². The van der Waals surface area contributed by atoms with Crippen LogP contribution in [0.25, 0.3) is 0 Å². The number of methoxy groups -OCH3 is 1. The molecule has 7 heteroatoms. The third-order valence-corrected chi connectivity index (χ3v) is 3.86. The molecule has 0 aliphatic heterocycles. The molecule has 0 saturated heterocycles. The molecule has 0 aliphatic carbocycles. The zero-order valence-corrected chi connectivity index (χ0v) is 15.0. The van der Waals surface area contributed by atoms with E-state index in [1.54, 1.807) is 60.7 Å². The maximum absolute atomic E-state index is 12.4. The molecule has 0 fully saturated rings. The number of carbonyl (C=O) groups is 2. The van der Waals surface area contributed by atoms with Gasteiger partial charge in [0, 0.05) is 23.3 Å². The second-order valence-electron chi connectivity index (χ2n) is 5.77. The standard InChI is InChI=1S/C21H16N4O3/c1-28-21(27)15-4-8-16(9-5-15)24-18-10-11-23-19(12-18)20(26)25-17-6-2-14(13-22)3-7-17/h2-12H,1H3,(H,23,24)(H,25,26). The Morgan fingerprint density at radius 3 is 2.29 bits per heavy atom. The summed E-state index contributed by atoms with van der Waals surface area (Å²) in [5.41, 5.74) is 3.19. The lowest BCUT2D eigenvalue weighted by atomic mass is 10.2. The summed E-state index contributed by atoms with van der Waals surface area (Å²) in [4.78, 5) is 28.0. The first-order valence-corrected chi connectivity index (χ1v) is 8.32. The maximum Gasteiger partial charge on any atom is 0.337 e. The van der Waals surface area contributed by atoms with Crippen LogP contribution in [0, 0.1) is 11.3 Å². The van der Waals surface area contributed by atoms with Crippen molar-refractivity contribution in [2.75, 3.05) is 17.7 Å². The van der Waals surface area contributed by atoms with Crippen LogP contribution in [0.3, 0.4) is 0 Å². The monoisotopic (exact) mass is 372 g/mol. The highest BCUT2D eigenvalue weighted by Gasteiger charge is 2.09. The van der Waals surface area contributed by atoms with Crippen molar-refractivity contribution in [3.63, 3.8) is 0 Å². The number of aromatic nitrogens is 1. The molecule has 7 nitrogen and oxygen atoms in total. The van der Waals surface area contributed by atoms with Crippen molar-refractivity contribution in [1.82, 2.24) is 4.98 Å². The molecule has 2 aromatic carbocycles. The number of pyridine rings is 1. The molecule has 1 aromatic heterocycles. The third-order valence-electron chi connectivity index (χ3n) is 3.86. The first-order valence-electron chi connectivity index (χ1n) is 8.32. The minimum Gasteiger partial charge on any atom is -0.465 e. The number of ether oxygens (including phenoxy) is 1. The number of esters is 1. The van der Waals surface area contributed by atoms with E-state index < -0.39 is 5.97 Å². The predicted octanol–water partition coefficient (Wildman–Crippen LogP) is 3.74. The normalized spacial score (nSPS) is 9.86. The summed E-state index contributed by atoms with van der Waals surface area (Å²) < 4.78 is 4.67. The highest BCUT2D eigenvalue weighted by molar-refractivity contribution is 6.03. The first-order chi connectivity index (χ1) is 13.6. The van der Waals surface area contributed by atoms with E-state index in [-0.39, 0.29) is 11.6 Å². The molecule has 3 rings (SSSR count). The van der Waals surface area contributed by atoms with E-state index in [1.807, 2.05) is 6.07 Å². The van der Waals surface area contributed by atoms with E-state index in [0.29, 0.717) is 22.5 Å². The van der Waals surface area contributed by atoms with Gasteiger partial charge >= 0.3 is 5.97 Å². The van der Waals surface area contributed by atoms with Crippen LogP contribution < -0.4 is 10.6 Å². The number of hydrogen-bond donors (Lipinski definition) is 2. The summed E-state index contributed by atoms with van der Waals surface area (Å²) in [5, 5.41) is 14.7. The molecule has 28 heavy (non-hydrogen) atoms. The lowest BCUT2D eigenvalue weighted by molar-refractivity contribution is 0.0600. The molecule has 0 spiro atoms. The Morgan fingerprint density at radius 1 is 0.964 bits per heavy atom. The lowest BCUT2D eigenvalue weighted by Crippen LogP contribution is -2.13. The molecule has 1 heterocycles. The second kappa shape index (κ2) is 8.47. The van der Waals surface area contributed by atoms with Crippen LogP contribution in [0.5, 0.6) is 0 Å². The summed E-state index contributed by atoms with van der Waals surface area (Å²) in [6.45, 7) is 0. The average molecular weight is 372 g/mol. The van der Waals surface area contributed by atoms with Crippen molar-refractivity contribution in [2.45, 2.75) is 0 Å². The average Bonchev–Trinajstić information content (AvgIpc) is 2.74. The minimum atomic E-state index is -0.405. The number of nitriles is 1. The van der Waals surface area contributed by atoms with Crippen molar-refractivity contribution >= 4 is 28.9 Å². The zero-order valence-electron chi connectivity index (χ0n) is 15.0. The molecule has 0 saturated carbocycles. The van der Waals surface area contributed by atoms with Crippen LogP contribution in [0.15, 0.2) is 66.9 Å². The molecular formula is C21H16N4O3. The largest absolute Gasteiger partial charge is 0.465 e. The van der Waals surface area contributed by atoms with Gasteiger partial charge in [0.1, 0.15) is 5.69 Å². The van der Waals surface area contributed by atoms with Crippen LogP contribution in [0.2, 0.25) is 0 Å². The van der Waals surface area contributed by atoms with Gasteiger partial charge in [0.15, 0.2) is 0 Å². The summed E-state index contributed by atoms with van der Waals surface area (Å²) in [6, 6.07) is 18.7. The Kier molecular flexibility index (Phi) is 5.63. The SMILES string of the molecule is COC(=O)c1ccc(Nc2ccnc(C(=O)Nc3ccc(C#N)cc3)c2)cc1. The summed E-state index contributed by atoms with van der Waals surface area (Å²) in [6.07, 6.45) is 1.53. The van der Waals surface area contributed by atoms with Crippen molar-refractivity contribution < 1.29 is 14.3 Å². The smallest absolute Gasteiger partial charge is 0.337 e. The van der Waals surface area contributed by atoms with Crippen LogP contribution >= 0.6 is 0 Å². The van der Waals surface area contributed by atoms with Crippen LogP contribution in [0.4, 0.5) is 17.1 Å². The predicted molar refractivity (Wildman–Crippen MR) is 104 cm³/mol. The molecule has 0 radical (unpaired) electrons. The molecule has 0 unspecified atom stereocenters. The van der Waals surface area contributed by atoms with Gasteiger partial charge in [-0.3, -0.25) is 9.78 Å². The Bertz CT molecular complexity index is 1040. The number of anilines is 3. The highest BCUT2D eigenvalue weighted by Crippen LogP contribution is 2.18. The van der Waals surface area contributed by atoms with Gasteiger partial charge < -0.3 is 15.4 Å². The van der Waals surface area contributed by atoms with Crippen molar-refractivity contribution in [3.8, 4) is 6.07 Å².